The van der Waals surface area contributed by atoms with E-state index in [1.54, 1.807) is 30.3 Å². The SMILES string of the molecule is Fc1ccc(COCC(COc2ccc(OC(F)(F)F)cc2)C(F)(F)F)cc1Oc1ccccc1. The van der Waals surface area contributed by atoms with Crippen molar-refractivity contribution >= 4 is 0 Å². The van der Waals surface area contributed by atoms with Crippen molar-refractivity contribution in [3.05, 3.63) is 84.2 Å². The Labute approximate surface area is 195 Å². The molecule has 4 nitrogen and oxygen atoms in total. The molecule has 0 heterocycles. The zero-order valence-electron chi connectivity index (χ0n) is 17.9. The molecule has 3 aromatic rings. The Bertz CT molecular complexity index is 1070. The first kappa shape index (κ1) is 26.1. The Morgan fingerprint density at radius 1 is 0.714 bits per heavy atom. The van der Waals surface area contributed by atoms with E-state index in [1.165, 1.54) is 12.1 Å². The van der Waals surface area contributed by atoms with E-state index in [0.717, 1.165) is 30.3 Å². The number of rotatable bonds is 10. The Balaban J connectivity index is 1.55. The second-order valence-electron chi connectivity index (χ2n) is 7.26. The summed E-state index contributed by atoms with van der Waals surface area (Å²) < 4.78 is 110. The summed E-state index contributed by atoms with van der Waals surface area (Å²) >= 11 is 0. The summed E-state index contributed by atoms with van der Waals surface area (Å²) in [6.07, 6.45) is -9.55. The molecule has 3 rings (SSSR count). The third-order valence-electron chi connectivity index (χ3n) is 4.53. The first-order valence-electron chi connectivity index (χ1n) is 10.1. The molecule has 35 heavy (non-hydrogen) atoms. The van der Waals surface area contributed by atoms with Crippen LogP contribution in [0.2, 0.25) is 0 Å². The van der Waals surface area contributed by atoms with Gasteiger partial charge in [0.15, 0.2) is 11.6 Å². The highest BCUT2D eigenvalue weighted by Crippen LogP contribution is 2.30. The van der Waals surface area contributed by atoms with Gasteiger partial charge in [0.2, 0.25) is 0 Å². The maximum Gasteiger partial charge on any atom is 0.573 e. The third-order valence-corrected chi connectivity index (χ3v) is 4.53. The molecule has 11 heteroatoms. The molecule has 0 aliphatic carbocycles. The molecule has 0 saturated heterocycles. The van der Waals surface area contributed by atoms with Gasteiger partial charge in [0.1, 0.15) is 29.8 Å². The molecule has 1 atom stereocenters. The van der Waals surface area contributed by atoms with Crippen molar-refractivity contribution in [2.75, 3.05) is 13.2 Å². The van der Waals surface area contributed by atoms with Crippen molar-refractivity contribution in [1.29, 1.82) is 0 Å². The van der Waals surface area contributed by atoms with E-state index in [4.69, 9.17) is 14.2 Å². The van der Waals surface area contributed by atoms with Crippen LogP contribution in [0.3, 0.4) is 0 Å². The van der Waals surface area contributed by atoms with E-state index in [1.807, 2.05) is 0 Å². The highest BCUT2D eigenvalue weighted by atomic mass is 19.4. The normalized spacial score (nSPS) is 12.8. The first-order chi connectivity index (χ1) is 16.5. The van der Waals surface area contributed by atoms with Gasteiger partial charge in [0, 0.05) is 0 Å². The number of para-hydroxylation sites is 1. The lowest BCUT2D eigenvalue weighted by atomic mass is 10.1. The van der Waals surface area contributed by atoms with Gasteiger partial charge in [-0.15, -0.1) is 13.2 Å². The Kier molecular flexibility index (Phi) is 8.44. The van der Waals surface area contributed by atoms with Crippen molar-refractivity contribution in [1.82, 2.24) is 0 Å². The maximum atomic E-state index is 14.0. The number of halogens is 7. The minimum Gasteiger partial charge on any atom is -0.493 e. The predicted molar refractivity (Wildman–Crippen MR) is 111 cm³/mol. The maximum absolute atomic E-state index is 14.0. The molecule has 0 aliphatic rings. The average molecular weight is 504 g/mol. The van der Waals surface area contributed by atoms with E-state index >= 15 is 0 Å². The minimum atomic E-state index is -4.89. The zero-order valence-corrected chi connectivity index (χ0v) is 17.9. The molecule has 0 N–H and O–H groups in total. The van der Waals surface area contributed by atoms with Gasteiger partial charge in [-0.2, -0.15) is 13.2 Å². The number of ether oxygens (including phenoxy) is 4. The second kappa shape index (κ2) is 11.3. The monoisotopic (exact) mass is 504 g/mol. The largest absolute Gasteiger partial charge is 0.573 e. The lowest BCUT2D eigenvalue weighted by Crippen LogP contribution is -2.32. The number of hydrogen-bond donors (Lipinski definition) is 0. The fourth-order valence-electron chi connectivity index (χ4n) is 2.82. The van der Waals surface area contributed by atoms with Crippen molar-refractivity contribution in [3.8, 4) is 23.0 Å². The van der Waals surface area contributed by atoms with Crippen LogP contribution in [-0.2, 0) is 11.3 Å². The zero-order chi connectivity index (χ0) is 25.5. The van der Waals surface area contributed by atoms with Crippen LogP contribution in [0.5, 0.6) is 23.0 Å². The summed E-state index contributed by atoms with van der Waals surface area (Å²) in [5.74, 6) is -2.99. The van der Waals surface area contributed by atoms with E-state index in [0.29, 0.717) is 11.3 Å². The highest BCUT2D eigenvalue weighted by Gasteiger charge is 2.40. The van der Waals surface area contributed by atoms with Gasteiger partial charge in [-0.3, -0.25) is 0 Å². The van der Waals surface area contributed by atoms with E-state index in [9.17, 15) is 30.7 Å². The average Bonchev–Trinajstić information content (AvgIpc) is 2.78. The topological polar surface area (TPSA) is 36.9 Å². The molecule has 0 amide bonds. The van der Waals surface area contributed by atoms with E-state index < -0.39 is 43.2 Å². The van der Waals surface area contributed by atoms with Crippen LogP contribution in [0.25, 0.3) is 0 Å². The molecule has 1 unspecified atom stereocenters. The summed E-state index contributed by atoms with van der Waals surface area (Å²) in [5, 5.41) is 0. The quantitative estimate of drug-likeness (QED) is 0.272. The van der Waals surface area contributed by atoms with Crippen LogP contribution in [0.15, 0.2) is 72.8 Å². The minimum absolute atomic E-state index is 0.0741. The fourth-order valence-corrected chi connectivity index (χ4v) is 2.82. The molecule has 0 bridgehead atoms. The van der Waals surface area contributed by atoms with Gasteiger partial charge >= 0.3 is 12.5 Å². The second-order valence-corrected chi connectivity index (χ2v) is 7.26. The van der Waals surface area contributed by atoms with Crippen molar-refractivity contribution < 1.29 is 49.7 Å². The van der Waals surface area contributed by atoms with Gasteiger partial charge in [0.05, 0.1) is 13.2 Å². The summed E-state index contributed by atoms with van der Waals surface area (Å²) in [7, 11) is 0. The van der Waals surface area contributed by atoms with Crippen molar-refractivity contribution in [3.63, 3.8) is 0 Å². The van der Waals surface area contributed by atoms with Crippen LogP contribution in [-0.4, -0.2) is 25.8 Å². The van der Waals surface area contributed by atoms with Gasteiger partial charge in [-0.25, -0.2) is 4.39 Å². The first-order valence-corrected chi connectivity index (χ1v) is 10.1. The standard InChI is InChI=1S/C24H19F7O4/c25-21-11-6-16(12-22(21)34-19-4-2-1-3-5-19)13-32-14-17(23(26,27)28)15-33-18-7-9-20(10-8-18)35-24(29,30)31/h1-12,17H,13-15H2. The molecule has 0 spiro atoms. The van der Waals surface area contributed by atoms with Gasteiger partial charge in [-0.1, -0.05) is 24.3 Å². The summed E-state index contributed by atoms with van der Waals surface area (Å²) in [6, 6.07) is 16.2. The Hall–Kier alpha value is -3.47. The van der Waals surface area contributed by atoms with Crippen LogP contribution in [0.4, 0.5) is 30.7 Å². The fraction of sp³-hybridized carbons (Fsp3) is 0.250. The highest BCUT2D eigenvalue weighted by molar-refractivity contribution is 5.35. The summed E-state index contributed by atoms with van der Waals surface area (Å²) in [5.41, 5.74) is 0.388. The van der Waals surface area contributed by atoms with E-state index in [-0.39, 0.29) is 18.1 Å². The number of benzene rings is 3. The lowest BCUT2D eigenvalue weighted by Gasteiger charge is -2.21. The molecule has 0 aliphatic heterocycles. The molecular formula is C24H19F7O4. The van der Waals surface area contributed by atoms with Gasteiger partial charge in [0.25, 0.3) is 0 Å². The van der Waals surface area contributed by atoms with Crippen LogP contribution in [0.1, 0.15) is 5.56 Å². The number of alkyl halides is 6. The Morgan fingerprint density at radius 3 is 2.00 bits per heavy atom. The molecule has 0 radical (unpaired) electrons. The summed E-state index contributed by atoms with van der Waals surface area (Å²) in [4.78, 5) is 0. The van der Waals surface area contributed by atoms with Crippen LogP contribution < -0.4 is 14.2 Å². The smallest absolute Gasteiger partial charge is 0.493 e. The van der Waals surface area contributed by atoms with Crippen LogP contribution >= 0.6 is 0 Å². The molecule has 0 fully saturated rings. The van der Waals surface area contributed by atoms with Crippen molar-refractivity contribution in [2.24, 2.45) is 5.92 Å². The lowest BCUT2D eigenvalue weighted by molar-refractivity contribution is -0.274. The summed E-state index contributed by atoms with van der Waals surface area (Å²) in [6.45, 7) is -1.83. The molecule has 3 aromatic carbocycles. The Morgan fingerprint density at radius 2 is 1.37 bits per heavy atom. The van der Waals surface area contributed by atoms with Crippen molar-refractivity contribution in [2.45, 2.75) is 19.1 Å². The number of hydrogen-bond acceptors (Lipinski definition) is 4. The van der Waals surface area contributed by atoms with Gasteiger partial charge in [-0.05, 0) is 54.1 Å². The third kappa shape index (κ3) is 8.67. The predicted octanol–water partition coefficient (Wildman–Crippen LogP) is 7.29. The molecule has 0 aromatic heterocycles. The molecular weight excluding hydrogens is 485 g/mol. The molecule has 0 saturated carbocycles. The van der Waals surface area contributed by atoms with Gasteiger partial charge < -0.3 is 18.9 Å². The molecule has 188 valence electrons. The van der Waals surface area contributed by atoms with E-state index in [2.05, 4.69) is 4.74 Å². The van der Waals surface area contributed by atoms with Crippen LogP contribution in [0, 0.1) is 11.7 Å².